The Bertz CT molecular complexity index is 615. The number of fused-ring (bicyclic) bond motifs is 1. The van der Waals surface area contributed by atoms with Gasteiger partial charge in [0.1, 0.15) is 18.9 Å². The fourth-order valence-corrected chi connectivity index (χ4v) is 2.25. The number of nitrogens with two attached hydrogens (primary N) is 1. The number of nitrogen functional groups attached to an aromatic ring is 1. The minimum Gasteiger partial charge on any atom is -0.486 e. The van der Waals surface area contributed by atoms with E-state index in [1.807, 2.05) is 0 Å². The lowest BCUT2D eigenvalue weighted by molar-refractivity contribution is 0.169. The van der Waals surface area contributed by atoms with E-state index in [1.165, 1.54) is 12.1 Å². The lowest BCUT2D eigenvalue weighted by atomic mass is 10.1. The summed E-state index contributed by atoms with van der Waals surface area (Å²) in [5.41, 5.74) is 5.97. The molecule has 7 heteroatoms. The number of benzene rings is 1. The average Bonchev–Trinajstić information content (AvgIpc) is 2.80. The number of nitrogens with zero attached hydrogens (tertiary/aromatic N) is 1. The highest BCUT2D eigenvalue weighted by Crippen LogP contribution is 2.43. The van der Waals surface area contributed by atoms with Crippen molar-refractivity contribution in [2.75, 3.05) is 18.9 Å². The second-order valence-electron chi connectivity index (χ2n) is 3.69. The molecule has 5 nitrogen and oxygen atoms in total. The van der Waals surface area contributed by atoms with Gasteiger partial charge in [-0.1, -0.05) is 5.16 Å². The third-order valence-corrected chi connectivity index (χ3v) is 3.23. The Morgan fingerprint density at radius 1 is 1.28 bits per heavy atom. The van der Waals surface area contributed by atoms with E-state index in [-0.39, 0.29) is 15.9 Å². The van der Waals surface area contributed by atoms with Gasteiger partial charge in [-0.3, -0.25) is 0 Å². The van der Waals surface area contributed by atoms with Gasteiger partial charge in [-0.25, -0.2) is 4.39 Å². The van der Waals surface area contributed by atoms with Gasteiger partial charge in [-0.2, -0.15) is 0 Å². The van der Waals surface area contributed by atoms with E-state index < -0.39 is 5.82 Å². The van der Waals surface area contributed by atoms with E-state index in [0.717, 1.165) is 0 Å². The minimum absolute atomic E-state index is 0.121. The molecule has 0 atom stereocenters. The molecule has 0 amide bonds. The van der Waals surface area contributed by atoms with Crippen LogP contribution < -0.4 is 15.2 Å². The summed E-state index contributed by atoms with van der Waals surface area (Å²) in [5.74, 6) is 0.452. The molecule has 94 valence electrons. The highest BCUT2D eigenvalue weighted by Gasteiger charge is 2.23. The molecular formula is C11H8BrFN2O3. The molecule has 2 N–H and O–H groups in total. The van der Waals surface area contributed by atoms with Gasteiger partial charge < -0.3 is 19.7 Å². The SMILES string of the molecule is Nc1cc(-c2cc3c(c(Br)c2F)OCCO3)no1. The first-order chi connectivity index (χ1) is 8.66. The van der Waals surface area contributed by atoms with Crippen LogP contribution in [-0.4, -0.2) is 18.4 Å². The Labute approximate surface area is 110 Å². The van der Waals surface area contributed by atoms with Gasteiger partial charge in [0.2, 0.25) is 5.88 Å². The summed E-state index contributed by atoms with van der Waals surface area (Å²) in [4.78, 5) is 0. The molecule has 3 rings (SSSR count). The maximum Gasteiger partial charge on any atom is 0.222 e. The van der Waals surface area contributed by atoms with Crippen molar-refractivity contribution in [1.82, 2.24) is 5.16 Å². The van der Waals surface area contributed by atoms with Gasteiger partial charge in [0.25, 0.3) is 0 Å². The molecule has 0 bridgehead atoms. The van der Waals surface area contributed by atoms with Crippen molar-refractivity contribution in [3.05, 3.63) is 22.4 Å². The molecule has 2 heterocycles. The topological polar surface area (TPSA) is 70.5 Å². The van der Waals surface area contributed by atoms with Crippen LogP contribution in [0.4, 0.5) is 10.3 Å². The molecule has 1 aromatic heterocycles. The number of anilines is 1. The molecular weight excluding hydrogens is 307 g/mol. The summed E-state index contributed by atoms with van der Waals surface area (Å²) in [6, 6.07) is 2.97. The fraction of sp³-hybridized carbons (Fsp3) is 0.182. The van der Waals surface area contributed by atoms with Crippen molar-refractivity contribution >= 4 is 21.8 Å². The van der Waals surface area contributed by atoms with Gasteiger partial charge in [-0.15, -0.1) is 0 Å². The standard InChI is InChI=1S/C11H8BrFN2O3/c12-9-10(13)5(6-4-8(14)18-15-6)3-7-11(9)17-2-1-16-7/h3-4H,1-2,14H2. The Balaban J connectivity index is 2.18. The smallest absolute Gasteiger partial charge is 0.222 e. The average molecular weight is 315 g/mol. The van der Waals surface area contributed by atoms with Crippen LogP contribution in [0.5, 0.6) is 11.5 Å². The Morgan fingerprint density at radius 3 is 2.78 bits per heavy atom. The van der Waals surface area contributed by atoms with E-state index in [9.17, 15) is 4.39 Å². The lowest BCUT2D eigenvalue weighted by Crippen LogP contribution is -2.16. The maximum absolute atomic E-state index is 14.2. The number of ether oxygens (including phenoxy) is 2. The van der Waals surface area contributed by atoms with E-state index in [2.05, 4.69) is 21.1 Å². The van der Waals surface area contributed by atoms with Gasteiger partial charge >= 0.3 is 0 Å². The van der Waals surface area contributed by atoms with Crippen LogP contribution in [0.1, 0.15) is 0 Å². The quantitative estimate of drug-likeness (QED) is 0.876. The molecule has 0 unspecified atom stereocenters. The molecule has 0 saturated carbocycles. The van der Waals surface area contributed by atoms with Gasteiger partial charge in [0.05, 0.1) is 4.47 Å². The number of aromatic nitrogens is 1. The van der Waals surface area contributed by atoms with Crippen molar-refractivity contribution in [2.45, 2.75) is 0 Å². The molecule has 18 heavy (non-hydrogen) atoms. The third-order valence-electron chi connectivity index (χ3n) is 2.52. The molecule has 0 fully saturated rings. The number of hydrogen-bond acceptors (Lipinski definition) is 5. The van der Waals surface area contributed by atoms with Crippen LogP contribution >= 0.6 is 15.9 Å². The van der Waals surface area contributed by atoms with Crippen molar-refractivity contribution < 1.29 is 18.4 Å². The fourth-order valence-electron chi connectivity index (χ4n) is 1.73. The van der Waals surface area contributed by atoms with Gasteiger partial charge in [-0.05, 0) is 22.0 Å². The lowest BCUT2D eigenvalue weighted by Gasteiger charge is -2.20. The monoisotopic (exact) mass is 314 g/mol. The predicted molar refractivity (Wildman–Crippen MR) is 65.0 cm³/mol. The van der Waals surface area contributed by atoms with Crippen LogP contribution in [0.25, 0.3) is 11.3 Å². The van der Waals surface area contributed by atoms with Gasteiger partial charge in [0, 0.05) is 11.6 Å². The number of rotatable bonds is 1. The van der Waals surface area contributed by atoms with Crippen molar-refractivity contribution in [1.29, 1.82) is 0 Å². The zero-order valence-corrected chi connectivity index (χ0v) is 10.7. The van der Waals surface area contributed by atoms with Crippen molar-refractivity contribution in [3.8, 4) is 22.8 Å². The molecule has 0 saturated heterocycles. The molecule has 1 aromatic carbocycles. The summed E-state index contributed by atoms with van der Waals surface area (Å²) in [7, 11) is 0. The molecule has 0 aliphatic carbocycles. The van der Waals surface area contributed by atoms with E-state index in [0.29, 0.717) is 30.4 Å². The molecule has 1 aliphatic rings. The van der Waals surface area contributed by atoms with Crippen LogP contribution in [0.3, 0.4) is 0 Å². The summed E-state index contributed by atoms with van der Waals surface area (Å²) < 4.78 is 29.9. The first kappa shape index (κ1) is 11.3. The molecule has 1 aliphatic heterocycles. The summed E-state index contributed by atoms with van der Waals surface area (Å²) in [6.07, 6.45) is 0. The van der Waals surface area contributed by atoms with Crippen LogP contribution in [0.2, 0.25) is 0 Å². The summed E-state index contributed by atoms with van der Waals surface area (Å²) in [5, 5.41) is 3.68. The third kappa shape index (κ3) is 1.71. The molecule has 2 aromatic rings. The van der Waals surface area contributed by atoms with E-state index in [4.69, 9.17) is 19.7 Å². The van der Waals surface area contributed by atoms with Crippen molar-refractivity contribution in [2.24, 2.45) is 0 Å². The predicted octanol–water partition coefficient (Wildman–Crippen LogP) is 2.60. The zero-order chi connectivity index (χ0) is 12.7. The van der Waals surface area contributed by atoms with E-state index >= 15 is 0 Å². The molecule has 0 radical (unpaired) electrons. The second-order valence-corrected chi connectivity index (χ2v) is 4.48. The summed E-state index contributed by atoms with van der Waals surface area (Å²) >= 11 is 3.15. The highest BCUT2D eigenvalue weighted by atomic mass is 79.9. The molecule has 0 spiro atoms. The number of halogens is 2. The van der Waals surface area contributed by atoms with Crippen LogP contribution in [0, 0.1) is 5.82 Å². The second kappa shape index (κ2) is 4.16. The maximum atomic E-state index is 14.2. The van der Waals surface area contributed by atoms with Crippen LogP contribution in [0.15, 0.2) is 21.1 Å². The first-order valence-corrected chi connectivity index (χ1v) is 5.96. The Hall–Kier alpha value is -1.76. The Kier molecular flexibility index (Phi) is 2.62. The minimum atomic E-state index is -0.493. The summed E-state index contributed by atoms with van der Waals surface area (Å²) in [6.45, 7) is 0.812. The largest absolute Gasteiger partial charge is 0.486 e. The van der Waals surface area contributed by atoms with Gasteiger partial charge in [0.15, 0.2) is 17.3 Å². The Morgan fingerprint density at radius 2 is 2.06 bits per heavy atom. The van der Waals surface area contributed by atoms with Crippen molar-refractivity contribution in [3.63, 3.8) is 0 Å². The highest BCUT2D eigenvalue weighted by molar-refractivity contribution is 9.10. The number of hydrogen-bond donors (Lipinski definition) is 1. The van der Waals surface area contributed by atoms with Crippen LogP contribution in [-0.2, 0) is 0 Å². The van der Waals surface area contributed by atoms with E-state index in [1.54, 1.807) is 0 Å². The first-order valence-electron chi connectivity index (χ1n) is 5.17. The zero-order valence-electron chi connectivity index (χ0n) is 9.07. The normalized spacial score (nSPS) is 13.7.